The summed E-state index contributed by atoms with van der Waals surface area (Å²) in [5.74, 6) is -0.307. The molecule has 0 aliphatic heterocycles. The van der Waals surface area contributed by atoms with Crippen LogP contribution in [0.25, 0.3) is 0 Å². The molecule has 0 radical (unpaired) electrons. The van der Waals surface area contributed by atoms with Crippen molar-refractivity contribution in [2.24, 2.45) is 5.73 Å². The van der Waals surface area contributed by atoms with Crippen molar-refractivity contribution in [2.75, 3.05) is 0 Å². The van der Waals surface area contributed by atoms with Gasteiger partial charge in [-0.1, -0.05) is 18.2 Å². The van der Waals surface area contributed by atoms with Gasteiger partial charge in [-0.3, -0.25) is 14.7 Å². The molecule has 0 unspecified atom stereocenters. The molecule has 6 heteroatoms. The van der Waals surface area contributed by atoms with Gasteiger partial charge >= 0.3 is 0 Å². The Labute approximate surface area is 121 Å². The van der Waals surface area contributed by atoms with Crippen molar-refractivity contribution < 1.29 is 9.59 Å². The van der Waals surface area contributed by atoms with Gasteiger partial charge in [0.25, 0.3) is 11.8 Å². The summed E-state index contributed by atoms with van der Waals surface area (Å²) in [4.78, 5) is 23.0. The Kier molecular flexibility index (Phi) is 3.43. The third kappa shape index (κ3) is 2.79. The monoisotopic (exact) mass is 284 g/mol. The van der Waals surface area contributed by atoms with E-state index in [1.165, 1.54) is 0 Å². The Bertz CT molecular complexity index is 659. The summed E-state index contributed by atoms with van der Waals surface area (Å²) in [6.07, 6.45) is 1.66. The summed E-state index contributed by atoms with van der Waals surface area (Å²) in [5, 5.41) is 9.69. The van der Waals surface area contributed by atoms with Gasteiger partial charge < -0.3 is 11.1 Å². The first-order valence-electron chi connectivity index (χ1n) is 6.84. The minimum absolute atomic E-state index is 0.0542. The van der Waals surface area contributed by atoms with E-state index >= 15 is 0 Å². The van der Waals surface area contributed by atoms with Crippen LogP contribution < -0.4 is 11.1 Å². The summed E-state index contributed by atoms with van der Waals surface area (Å²) in [5.41, 5.74) is 6.98. The molecule has 1 aromatic carbocycles. The highest BCUT2D eigenvalue weighted by Gasteiger charge is 2.33. The largest absolute Gasteiger partial charge is 0.364 e. The normalized spacial score (nSPS) is 20.6. The van der Waals surface area contributed by atoms with E-state index in [1.54, 1.807) is 18.2 Å². The number of primary amides is 1. The number of benzene rings is 1. The maximum absolute atomic E-state index is 12.0. The fourth-order valence-electron chi connectivity index (χ4n) is 2.52. The second-order valence-electron chi connectivity index (χ2n) is 5.28. The number of amides is 2. The lowest BCUT2D eigenvalue weighted by Crippen LogP contribution is -2.43. The van der Waals surface area contributed by atoms with Crippen LogP contribution in [-0.2, 0) is 0 Å². The highest BCUT2D eigenvalue weighted by atomic mass is 16.2. The fourth-order valence-corrected chi connectivity index (χ4v) is 2.52. The number of carbonyl (C=O) groups is 2. The van der Waals surface area contributed by atoms with Crippen molar-refractivity contribution >= 4 is 11.8 Å². The van der Waals surface area contributed by atoms with Crippen LogP contribution in [0, 0.1) is 0 Å². The van der Waals surface area contributed by atoms with E-state index in [0.29, 0.717) is 5.56 Å². The maximum Gasteiger partial charge on any atom is 0.269 e. The van der Waals surface area contributed by atoms with E-state index in [2.05, 4.69) is 15.5 Å². The van der Waals surface area contributed by atoms with E-state index in [0.717, 1.165) is 18.5 Å². The Morgan fingerprint density at radius 3 is 2.57 bits per heavy atom. The Hall–Kier alpha value is -2.63. The maximum atomic E-state index is 12.0. The number of nitrogens with zero attached hydrogens (tertiary/aromatic N) is 1. The van der Waals surface area contributed by atoms with Crippen LogP contribution in [0.15, 0.2) is 36.4 Å². The van der Waals surface area contributed by atoms with Gasteiger partial charge in [-0.25, -0.2) is 0 Å². The molecule has 0 spiro atoms. The zero-order valence-electron chi connectivity index (χ0n) is 11.4. The van der Waals surface area contributed by atoms with Gasteiger partial charge in [0, 0.05) is 23.2 Å². The second kappa shape index (κ2) is 5.40. The highest BCUT2D eigenvalue weighted by Crippen LogP contribution is 2.36. The molecule has 0 bridgehead atoms. The summed E-state index contributed by atoms with van der Waals surface area (Å²) in [7, 11) is 0. The second-order valence-corrected chi connectivity index (χ2v) is 5.28. The average molecular weight is 284 g/mol. The molecule has 2 amide bonds. The van der Waals surface area contributed by atoms with Gasteiger partial charge in [-0.15, -0.1) is 0 Å². The molecule has 21 heavy (non-hydrogen) atoms. The molecule has 0 saturated heterocycles. The standard InChI is InChI=1S/C15H16N4O2/c16-14(20)13-8-12(18-19-13)10-6-11(7-10)17-15(21)9-4-2-1-3-5-9/h1-5,8,10-11H,6-7H2,(H2,16,20)(H,17,21)(H,18,19). The number of aromatic nitrogens is 2. The predicted octanol–water partition coefficient (Wildman–Crippen LogP) is 1.18. The number of H-pyrrole nitrogens is 1. The molecule has 0 atom stereocenters. The van der Waals surface area contributed by atoms with Gasteiger partial charge in [0.15, 0.2) is 0 Å². The predicted molar refractivity (Wildman–Crippen MR) is 76.8 cm³/mol. The fraction of sp³-hybridized carbons (Fsp3) is 0.267. The average Bonchev–Trinajstić information content (AvgIpc) is 2.92. The molecule has 3 rings (SSSR count). The first-order valence-corrected chi connectivity index (χ1v) is 6.84. The summed E-state index contributed by atoms with van der Waals surface area (Å²) < 4.78 is 0. The molecule has 1 fully saturated rings. The minimum Gasteiger partial charge on any atom is -0.364 e. The number of carbonyl (C=O) groups excluding carboxylic acids is 2. The topological polar surface area (TPSA) is 101 Å². The van der Waals surface area contributed by atoms with Crippen LogP contribution in [0.4, 0.5) is 0 Å². The molecule has 1 heterocycles. The van der Waals surface area contributed by atoms with Crippen LogP contribution in [0.3, 0.4) is 0 Å². The minimum atomic E-state index is -0.536. The van der Waals surface area contributed by atoms with Crippen molar-refractivity contribution in [3.63, 3.8) is 0 Å². The van der Waals surface area contributed by atoms with Crippen molar-refractivity contribution in [1.29, 1.82) is 0 Å². The number of rotatable bonds is 4. The molecule has 1 aliphatic carbocycles. The SMILES string of the molecule is NC(=O)c1cc(C2CC(NC(=O)c3ccccc3)C2)[nH]n1. The molecule has 6 nitrogen and oxygen atoms in total. The number of nitrogens with two attached hydrogens (primary N) is 1. The van der Waals surface area contributed by atoms with E-state index in [-0.39, 0.29) is 23.6 Å². The molecule has 4 N–H and O–H groups in total. The quantitative estimate of drug-likeness (QED) is 0.786. The van der Waals surface area contributed by atoms with Gasteiger partial charge in [0.2, 0.25) is 0 Å². The van der Waals surface area contributed by atoms with E-state index in [1.807, 2.05) is 18.2 Å². The van der Waals surface area contributed by atoms with Gasteiger partial charge in [-0.05, 0) is 31.0 Å². The number of nitrogens with one attached hydrogen (secondary N) is 2. The molecule has 1 aromatic heterocycles. The lowest BCUT2D eigenvalue weighted by Gasteiger charge is -2.35. The van der Waals surface area contributed by atoms with Crippen LogP contribution in [-0.4, -0.2) is 28.1 Å². The van der Waals surface area contributed by atoms with E-state index in [9.17, 15) is 9.59 Å². The third-order valence-corrected chi connectivity index (χ3v) is 3.80. The molecule has 108 valence electrons. The van der Waals surface area contributed by atoms with Crippen molar-refractivity contribution in [2.45, 2.75) is 24.8 Å². The summed E-state index contributed by atoms with van der Waals surface area (Å²) >= 11 is 0. The summed E-state index contributed by atoms with van der Waals surface area (Å²) in [6.45, 7) is 0. The Morgan fingerprint density at radius 1 is 1.24 bits per heavy atom. The van der Waals surface area contributed by atoms with Gasteiger partial charge in [0.1, 0.15) is 5.69 Å². The zero-order chi connectivity index (χ0) is 14.8. The van der Waals surface area contributed by atoms with Crippen LogP contribution in [0.1, 0.15) is 45.3 Å². The smallest absolute Gasteiger partial charge is 0.269 e. The summed E-state index contributed by atoms with van der Waals surface area (Å²) in [6, 6.07) is 11.0. The zero-order valence-corrected chi connectivity index (χ0v) is 11.4. The van der Waals surface area contributed by atoms with E-state index in [4.69, 9.17) is 5.73 Å². The van der Waals surface area contributed by atoms with Crippen LogP contribution in [0.5, 0.6) is 0 Å². The number of aromatic amines is 1. The number of hydrogen-bond acceptors (Lipinski definition) is 3. The lowest BCUT2D eigenvalue weighted by molar-refractivity contribution is 0.0907. The van der Waals surface area contributed by atoms with Gasteiger partial charge in [-0.2, -0.15) is 5.10 Å². The molecular weight excluding hydrogens is 268 g/mol. The first-order chi connectivity index (χ1) is 10.1. The Balaban J connectivity index is 1.54. The third-order valence-electron chi connectivity index (χ3n) is 3.80. The van der Waals surface area contributed by atoms with E-state index < -0.39 is 5.91 Å². The highest BCUT2D eigenvalue weighted by molar-refractivity contribution is 5.94. The van der Waals surface area contributed by atoms with Crippen molar-refractivity contribution in [3.8, 4) is 0 Å². The van der Waals surface area contributed by atoms with Crippen LogP contribution >= 0.6 is 0 Å². The van der Waals surface area contributed by atoms with Crippen LogP contribution in [0.2, 0.25) is 0 Å². The molecule has 1 aliphatic rings. The lowest BCUT2D eigenvalue weighted by atomic mass is 9.78. The molecule has 2 aromatic rings. The molecular formula is C15H16N4O2. The number of hydrogen-bond donors (Lipinski definition) is 3. The Morgan fingerprint density at radius 2 is 1.95 bits per heavy atom. The van der Waals surface area contributed by atoms with Gasteiger partial charge in [0.05, 0.1) is 0 Å². The molecule has 1 saturated carbocycles. The first kappa shape index (κ1) is 13.4. The van der Waals surface area contributed by atoms with Crippen molar-refractivity contribution in [1.82, 2.24) is 15.5 Å². The van der Waals surface area contributed by atoms with Crippen molar-refractivity contribution in [3.05, 3.63) is 53.3 Å².